The number of allylic oxidation sites excluding steroid dienone is 1. The van der Waals surface area contributed by atoms with Crippen LogP contribution in [-0.2, 0) is 6.18 Å². The number of rotatable bonds is 5. The van der Waals surface area contributed by atoms with Crippen LogP contribution in [-0.4, -0.2) is 41.3 Å². The van der Waals surface area contributed by atoms with E-state index in [1.54, 1.807) is 6.08 Å². The number of hydrogen-bond donors (Lipinski definition) is 5. The SMILES string of the molecule is CO.NC(N)=C(/C=C(\N)c1ccccc1)N1CCCC(c2ccc(C(=O)O)cc2C(F)(F)F)C1. The Morgan fingerprint density at radius 3 is 2.26 bits per heavy atom. The maximum atomic E-state index is 13.7. The third-order valence-electron chi connectivity index (χ3n) is 5.50. The van der Waals surface area contributed by atoms with Gasteiger partial charge in [-0.2, -0.15) is 13.2 Å². The molecule has 2 aromatic carbocycles. The van der Waals surface area contributed by atoms with Gasteiger partial charge in [-0.25, -0.2) is 4.79 Å². The van der Waals surface area contributed by atoms with Crippen molar-refractivity contribution in [2.45, 2.75) is 24.9 Å². The minimum Gasteiger partial charge on any atom is -0.478 e. The first-order chi connectivity index (χ1) is 16.1. The topological polar surface area (TPSA) is 139 Å². The largest absolute Gasteiger partial charge is 0.478 e. The Balaban J connectivity index is 0.00000199. The van der Waals surface area contributed by atoms with E-state index in [0.29, 0.717) is 36.8 Å². The third-order valence-corrected chi connectivity index (χ3v) is 5.50. The predicted molar refractivity (Wildman–Crippen MR) is 124 cm³/mol. The van der Waals surface area contributed by atoms with Crippen LogP contribution in [0.2, 0.25) is 0 Å². The Labute approximate surface area is 196 Å². The van der Waals surface area contributed by atoms with E-state index in [0.717, 1.165) is 12.7 Å². The number of aliphatic hydroxyl groups excluding tert-OH is 1. The van der Waals surface area contributed by atoms with Crippen molar-refractivity contribution in [2.75, 3.05) is 20.2 Å². The summed E-state index contributed by atoms with van der Waals surface area (Å²) in [6, 6.07) is 12.3. The summed E-state index contributed by atoms with van der Waals surface area (Å²) in [4.78, 5) is 13.0. The summed E-state index contributed by atoms with van der Waals surface area (Å²) < 4.78 is 41.1. The molecule has 1 unspecified atom stereocenters. The maximum Gasteiger partial charge on any atom is 0.416 e. The van der Waals surface area contributed by atoms with E-state index in [4.69, 9.17) is 27.4 Å². The zero-order chi connectivity index (χ0) is 25.5. The first-order valence-corrected chi connectivity index (χ1v) is 10.5. The van der Waals surface area contributed by atoms with Gasteiger partial charge in [0.1, 0.15) is 5.82 Å². The highest BCUT2D eigenvalue weighted by Gasteiger charge is 2.37. The smallest absolute Gasteiger partial charge is 0.416 e. The molecule has 184 valence electrons. The number of carbonyl (C=O) groups is 1. The number of aliphatic hydroxyl groups is 1. The number of aromatic carboxylic acids is 1. The molecule has 8 N–H and O–H groups in total. The lowest BCUT2D eigenvalue weighted by Gasteiger charge is -2.36. The quantitative estimate of drug-likeness (QED) is 0.416. The highest BCUT2D eigenvalue weighted by Crippen LogP contribution is 2.39. The van der Waals surface area contributed by atoms with E-state index in [9.17, 15) is 18.0 Å². The lowest BCUT2D eigenvalue weighted by Crippen LogP contribution is -2.36. The van der Waals surface area contributed by atoms with E-state index >= 15 is 0 Å². The lowest BCUT2D eigenvalue weighted by atomic mass is 9.86. The molecule has 1 aliphatic rings. The Morgan fingerprint density at radius 2 is 1.71 bits per heavy atom. The molecule has 34 heavy (non-hydrogen) atoms. The summed E-state index contributed by atoms with van der Waals surface area (Å²) in [7, 11) is 1.00. The van der Waals surface area contributed by atoms with Gasteiger partial charge >= 0.3 is 12.1 Å². The number of carboxylic acids is 1. The van der Waals surface area contributed by atoms with Crippen LogP contribution in [0.5, 0.6) is 0 Å². The van der Waals surface area contributed by atoms with Gasteiger partial charge in [-0.1, -0.05) is 36.4 Å². The van der Waals surface area contributed by atoms with E-state index in [-0.39, 0.29) is 17.9 Å². The first-order valence-electron chi connectivity index (χ1n) is 10.5. The molecular formula is C24H29F3N4O3. The average molecular weight is 479 g/mol. The van der Waals surface area contributed by atoms with Gasteiger partial charge in [0.05, 0.1) is 16.8 Å². The zero-order valence-electron chi connectivity index (χ0n) is 18.7. The van der Waals surface area contributed by atoms with Crippen molar-refractivity contribution in [2.24, 2.45) is 17.2 Å². The monoisotopic (exact) mass is 478 g/mol. The number of nitrogens with zero attached hydrogens (tertiary/aromatic N) is 1. The molecule has 0 spiro atoms. The van der Waals surface area contributed by atoms with Crippen LogP contribution in [0.1, 0.15) is 45.8 Å². The van der Waals surface area contributed by atoms with Crippen molar-refractivity contribution in [3.8, 4) is 0 Å². The summed E-state index contributed by atoms with van der Waals surface area (Å²) in [5, 5.41) is 16.1. The van der Waals surface area contributed by atoms with Gasteiger partial charge in [0.15, 0.2) is 0 Å². The molecule has 1 saturated heterocycles. The van der Waals surface area contributed by atoms with Gasteiger partial charge in [0.25, 0.3) is 0 Å². The van der Waals surface area contributed by atoms with Crippen molar-refractivity contribution in [3.63, 3.8) is 0 Å². The molecule has 1 heterocycles. The predicted octanol–water partition coefficient (Wildman–Crippen LogP) is 3.28. The normalized spacial score (nSPS) is 16.3. The van der Waals surface area contributed by atoms with Gasteiger partial charge in [-0.3, -0.25) is 0 Å². The van der Waals surface area contributed by atoms with Gasteiger partial charge < -0.3 is 32.3 Å². The maximum absolute atomic E-state index is 13.7. The van der Waals surface area contributed by atoms with Gasteiger partial charge in [0.2, 0.25) is 0 Å². The number of halogens is 3. The van der Waals surface area contributed by atoms with E-state index in [1.807, 2.05) is 35.2 Å². The standard InChI is InChI=1S/C23H25F3N4O2.CH4O/c24-23(25,26)18-11-15(22(31)32)8-9-17(18)16-7-4-10-30(13-16)20(21(28)29)12-19(27)14-5-2-1-3-6-14;1-2/h1-3,5-6,8-9,11-12,16H,4,7,10,13,27-29H2,(H,31,32);2H,1H3/b19-12-;. The van der Waals surface area contributed by atoms with Crippen molar-refractivity contribution in [3.05, 3.63) is 88.4 Å². The van der Waals surface area contributed by atoms with Crippen molar-refractivity contribution < 1.29 is 28.2 Å². The van der Waals surface area contributed by atoms with Gasteiger partial charge in [-0.15, -0.1) is 0 Å². The second-order valence-corrected chi connectivity index (χ2v) is 7.70. The molecule has 10 heteroatoms. The number of alkyl halides is 3. The van der Waals surface area contributed by atoms with Crippen LogP contribution in [0.4, 0.5) is 13.2 Å². The molecule has 1 atom stereocenters. The Kier molecular flexibility index (Phi) is 8.97. The van der Waals surface area contributed by atoms with Crippen molar-refractivity contribution in [1.82, 2.24) is 4.90 Å². The Bertz CT molecular complexity index is 1050. The minimum atomic E-state index is -4.67. The van der Waals surface area contributed by atoms with Crippen LogP contribution in [0, 0.1) is 0 Å². The summed E-state index contributed by atoms with van der Waals surface area (Å²) in [5.74, 6) is -1.87. The van der Waals surface area contributed by atoms with Gasteiger partial charge in [-0.05, 0) is 42.2 Å². The van der Waals surface area contributed by atoms with Crippen molar-refractivity contribution >= 4 is 11.7 Å². The van der Waals surface area contributed by atoms with Crippen LogP contribution in [0.3, 0.4) is 0 Å². The molecule has 1 aliphatic heterocycles. The van der Waals surface area contributed by atoms with Crippen LogP contribution >= 0.6 is 0 Å². The van der Waals surface area contributed by atoms with Gasteiger partial charge in [0, 0.05) is 31.8 Å². The lowest BCUT2D eigenvalue weighted by molar-refractivity contribution is -0.138. The molecule has 0 aliphatic carbocycles. The molecule has 0 amide bonds. The molecule has 1 fully saturated rings. The molecule has 0 saturated carbocycles. The number of carboxylic acid groups (broad SMARTS) is 1. The molecule has 2 aromatic rings. The van der Waals surface area contributed by atoms with E-state index < -0.39 is 29.2 Å². The molecule has 0 bridgehead atoms. The first kappa shape index (κ1) is 26.6. The Morgan fingerprint density at radius 1 is 1.06 bits per heavy atom. The number of likely N-dealkylation sites (tertiary alicyclic amines) is 1. The summed E-state index contributed by atoms with van der Waals surface area (Å²) in [5.41, 5.74) is 18.4. The molecule has 3 rings (SSSR count). The number of nitrogens with two attached hydrogens (primary N) is 3. The highest BCUT2D eigenvalue weighted by atomic mass is 19.4. The van der Waals surface area contributed by atoms with Crippen LogP contribution in [0.25, 0.3) is 5.70 Å². The summed E-state index contributed by atoms with van der Waals surface area (Å²) in [6.45, 7) is 0.790. The fourth-order valence-electron chi connectivity index (χ4n) is 3.96. The Hall–Kier alpha value is -3.66. The number of benzene rings is 2. The number of hydrogen-bond acceptors (Lipinski definition) is 6. The van der Waals surface area contributed by atoms with E-state index in [2.05, 4.69) is 0 Å². The average Bonchev–Trinajstić information content (AvgIpc) is 2.83. The summed E-state index contributed by atoms with van der Waals surface area (Å²) >= 11 is 0. The van der Waals surface area contributed by atoms with Crippen molar-refractivity contribution in [1.29, 1.82) is 0 Å². The number of piperidine rings is 1. The third kappa shape index (κ3) is 6.44. The highest BCUT2D eigenvalue weighted by molar-refractivity contribution is 5.88. The molecule has 0 aromatic heterocycles. The zero-order valence-corrected chi connectivity index (χ0v) is 18.7. The minimum absolute atomic E-state index is 0.0156. The molecule has 0 radical (unpaired) electrons. The fourth-order valence-corrected chi connectivity index (χ4v) is 3.96. The van der Waals surface area contributed by atoms with Crippen LogP contribution < -0.4 is 17.2 Å². The summed E-state index contributed by atoms with van der Waals surface area (Å²) in [6.07, 6.45) is -1.92. The second-order valence-electron chi connectivity index (χ2n) is 7.70. The van der Waals surface area contributed by atoms with E-state index in [1.165, 1.54) is 12.1 Å². The van der Waals surface area contributed by atoms with Crippen LogP contribution in [0.15, 0.2) is 66.1 Å². The molecular weight excluding hydrogens is 449 g/mol. The fraction of sp³-hybridized carbons (Fsp3) is 0.292. The second kappa shape index (κ2) is 11.5. The molecule has 7 nitrogen and oxygen atoms in total.